The third kappa shape index (κ3) is 2.93. The molecule has 1 saturated carbocycles. The number of anilines is 1. The number of rotatable bonds is 3. The molecule has 6 nitrogen and oxygen atoms in total. The molecule has 1 saturated heterocycles. The summed E-state index contributed by atoms with van der Waals surface area (Å²) in [5.41, 5.74) is 0. The topological polar surface area (TPSA) is 62.5 Å². The lowest BCUT2D eigenvalue weighted by molar-refractivity contribution is -0.132. The fourth-order valence-corrected chi connectivity index (χ4v) is 3.35. The summed E-state index contributed by atoms with van der Waals surface area (Å²) >= 11 is 0. The van der Waals surface area contributed by atoms with Crippen LogP contribution in [0.25, 0.3) is 0 Å². The number of furan rings is 1. The Balaban J connectivity index is 1.37. The second-order valence-corrected chi connectivity index (χ2v) is 6.21. The minimum absolute atomic E-state index is 0.101. The molecule has 2 aromatic rings. The summed E-state index contributed by atoms with van der Waals surface area (Å²) in [6.07, 6.45) is 5.23. The maximum atomic E-state index is 12.7. The van der Waals surface area contributed by atoms with E-state index >= 15 is 0 Å². The van der Waals surface area contributed by atoms with E-state index in [4.69, 9.17) is 4.42 Å². The number of carbonyl (C=O) groups excluding carboxylic acids is 1. The predicted molar refractivity (Wildman–Crippen MR) is 85.0 cm³/mol. The molecular weight excluding hydrogens is 292 g/mol. The van der Waals surface area contributed by atoms with Crippen LogP contribution in [-0.2, 0) is 4.79 Å². The SMILES string of the molecule is O=C([C@@H]1C[C@H]1c1ccco1)N1CCCN(c2cccnn2)CC1. The fraction of sp³-hybridized carbons (Fsp3) is 0.471. The highest BCUT2D eigenvalue weighted by Gasteiger charge is 2.47. The average molecular weight is 312 g/mol. The van der Waals surface area contributed by atoms with Gasteiger partial charge in [-0.25, -0.2) is 0 Å². The summed E-state index contributed by atoms with van der Waals surface area (Å²) < 4.78 is 5.43. The lowest BCUT2D eigenvalue weighted by atomic mass is 10.2. The third-order valence-corrected chi connectivity index (χ3v) is 4.71. The van der Waals surface area contributed by atoms with Crippen LogP contribution < -0.4 is 4.90 Å². The maximum Gasteiger partial charge on any atom is 0.226 e. The number of hydrogen-bond acceptors (Lipinski definition) is 5. The van der Waals surface area contributed by atoms with Crippen LogP contribution in [-0.4, -0.2) is 47.2 Å². The molecule has 1 aliphatic heterocycles. The van der Waals surface area contributed by atoms with E-state index in [1.165, 1.54) is 0 Å². The Morgan fingerprint density at radius 1 is 1.17 bits per heavy atom. The Morgan fingerprint density at radius 3 is 2.91 bits per heavy atom. The quantitative estimate of drug-likeness (QED) is 0.866. The van der Waals surface area contributed by atoms with Gasteiger partial charge in [0.15, 0.2) is 5.82 Å². The summed E-state index contributed by atoms with van der Waals surface area (Å²) in [6, 6.07) is 7.72. The highest BCUT2D eigenvalue weighted by molar-refractivity contribution is 5.83. The van der Waals surface area contributed by atoms with E-state index < -0.39 is 0 Å². The van der Waals surface area contributed by atoms with Crippen LogP contribution >= 0.6 is 0 Å². The van der Waals surface area contributed by atoms with Gasteiger partial charge in [-0.15, -0.1) is 5.10 Å². The molecule has 0 bridgehead atoms. The number of aromatic nitrogens is 2. The van der Waals surface area contributed by atoms with E-state index in [1.54, 1.807) is 12.5 Å². The van der Waals surface area contributed by atoms with Gasteiger partial charge in [0.05, 0.1) is 6.26 Å². The van der Waals surface area contributed by atoms with Crippen LogP contribution in [0.2, 0.25) is 0 Å². The van der Waals surface area contributed by atoms with E-state index in [9.17, 15) is 4.79 Å². The Bertz CT molecular complexity index is 658. The monoisotopic (exact) mass is 312 g/mol. The van der Waals surface area contributed by atoms with Crippen molar-refractivity contribution in [2.24, 2.45) is 5.92 Å². The molecule has 2 atom stereocenters. The highest BCUT2D eigenvalue weighted by Crippen LogP contribution is 2.48. The Hall–Kier alpha value is -2.37. The Morgan fingerprint density at radius 2 is 2.13 bits per heavy atom. The second-order valence-electron chi connectivity index (χ2n) is 6.21. The molecule has 6 heteroatoms. The molecule has 0 unspecified atom stereocenters. The fourth-order valence-electron chi connectivity index (χ4n) is 3.35. The van der Waals surface area contributed by atoms with Gasteiger partial charge in [0.2, 0.25) is 5.91 Å². The maximum absolute atomic E-state index is 12.7. The van der Waals surface area contributed by atoms with Gasteiger partial charge in [-0.3, -0.25) is 4.79 Å². The third-order valence-electron chi connectivity index (χ3n) is 4.71. The molecular formula is C17H20N4O2. The molecule has 3 heterocycles. The smallest absolute Gasteiger partial charge is 0.226 e. The number of hydrogen-bond donors (Lipinski definition) is 0. The number of nitrogens with zero attached hydrogens (tertiary/aromatic N) is 4. The number of carbonyl (C=O) groups is 1. The molecule has 4 rings (SSSR count). The van der Waals surface area contributed by atoms with E-state index in [0.29, 0.717) is 0 Å². The molecule has 0 spiro atoms. The normalized spacial score (nSPS) is 24.3. The Labute approximate surface area is 135 Å². The summed E-state index contributed by atoms with van der Waals surface area (Å²) in [6.45, 7) is 3.28. The highest BCUT2D eigenvalue weighted by atomic mass is 16.3. The zero-order chi connectivity index (χ0) is 15.6. The van der Waals surface area contributed by atoms with Crippen molar-refractivity contribution in [2.75, 3.05) is 31.1 Å². The molecule has 2 aromatic heterocycles. The van der Waals surface area contributed by atoms with Crippen molar-refractivity contribution in [1.82, 2.24) is 15.1 Å². The molecule has 23 heavy (non-hydrogen) atoms. The summed E-state index contributed by atoms with van der Waals surface area (Å²) in [5.74, 6) is 2.48. The van der Waals surface area contributed by atoms with Gasteiger partial charge in [-0.1, -0.05) is 0 Å². The first-order valence-corrected chi connectivity index (χ1v) is 8.18. The minimum atomic E-state index is 0.101. The average Bonchev–Trinajstić information content (AvgIpc) is 3.29. The van der Waals surface area contributed by atoms with Crippen molar-refractivity contribution in [3.05, 3.63) is 42.5 Å². The first-order chi connectivity index (χ1) is 11.3. The minimum Gasteiger partial charge on any atom is -0.469 e. The first kappa shape index (κ1) is 14.2. The van der Waals surface area contributed by atoms with E-state index in [2.05, 4.69) is 15.1 Å². The molecule has 1 amide bonds. The standard InChI is InChI=1S/C17H20N4O2/c22-17(14-12-13(14)15-4-2-11-23-15)21-8-3-7-20(9-10-21)16-5-1-6-18-19-16/h1-2,4-6,11,13-14H,3,7-10,12H2/t13-,14-/m1/s1. The van der Waals surface area contributed by atoms with Crippen LogP contribution in [0.3, 0.4) is 0 Å². The van der Waals surface area contributed by atoms with Gasteiger partial charge in [-0.2, -0.15) is 5.10 Å². The van der Waals surface area contributed by atoms with E-state index in [-0.39, 0.29) is 17.7 Å². The predicted octanol–water partition coefficient (Wildman–Crippen LogP) is 1.91. The van der Waals surface area contributed by atoms with Crippen LogP contribution in [0.4, 0.5) is 5.82 Å². The zero-order valence-electron chi connectivity index (χ0n) is 13.0. The van der Waals surface area contributed by atoms with Gasteiger partial charge in [-0.05, 0) is 37.1 Å². The van der Waals surface area contributed by atoms with E-state index in [0.717, 1.165) is 50.6 Å². The molecule has 0 aromatic carbocycles. The molecule has 2 aliphatic rings. The first-order valence-electron chi connectivity index (χ1n) is 8.18. The van der Waals surface area contributed by atoms with Gasteiger partial charge in [0, 0.05) is 44.2 Å². The summed E-state index contributed by atoms with van der Waals surface area (Å²) in [5, 5.41) is 8.11. The van der Waals surface area contributed by atoms with Gasteiger partial charge >= 0.3 is 0 Å². The molecule has 0 radical (unpaired) electrons. The van der Waals surface area contributed by atoms with Crippen molar-refractivity contribution in [1.29, 1.82) is 0 Å². The van der Waals surface area contributed by atoms with Crippen molar-refractivity contribution in [3.63, 3.8) is 0 Å². The second kappa shape index (κ2) is 6.02. The summed E-state index contributed by atoms with van der Waals surface area (Å²) in [7, 11) is 0. The number of amides is 1. The molecule has 120 valence electrons. The van der Waals surface area contributed by atoms with Gasteiger partial charge in [0.25, 0.3) is 0 Å². The van der Waals surface area contributed by atoms with Crippen LogP contribution in [0.1, 0.15) is 24.5 Å². The van der Waals surface area contributed by atoms with E-state index in [1.807, 2.05) is 29.2 Å². The summed E-state index contributed by atoms with van der Waals surface area (Å²) in [4.78, 5) is 16.9. The Kier molecular flexibility index (Phi) is 3.73. The lowest BCUT2D eigenvalue weighted by Crippen LogP contribution is -2.36. The lowest BCUT2D eigenvalue weighted by Gasteiger charge is -2.22. The molecule has 1 aliphatic carbocycles. The molecule has 0 N–H and O–H groups in total. The van der Waals surface area contributed by atoms with Gasteiger partial charge in [0.1, 0.15) is 5.76 Å². The van der Waals surface area contributed by atoms with Gasteiger partial charge < -0.3 is 14.2 Å². The van der Waals surface area contributed by atoms with Crippen molar-refractivity contribution >= 4 is 11.7 Å². The van der Waals surface area contributed by atoms with Crippen LogP contribution in [0.15, 0.2) is 41.1 Å². The largest absolute Gasteiger partial charge is 0.469 e. The van der Waals surface area contributed by atoms with Crippen LogP contribution in [0.5, 0.6) is 0 Å². The zero-order valence-corrected chi connectivity index (χ0v) is 13.0. The molecule has 2 fully saturated rings. The van der Waals surface area contributed by atoms with Crippen molar-refractivity contribution < 1.29 is 9.21 Å². The van der Waals surface area contributed by atoms with Crippen LogP contribution in [0, 0.1) is 5.92 Å². The van der Waals surface area contributed by atoms with Crippen molar-refractivity contribution in [2.45, 2.75) is 18.8 Å². The van der Waals surface area contributed by atoms with Crippen molar-refractivity contribution in [3.8, 4) is 0 Å².